The lowest BCUT2D eigenvalue weighted by atomic mass is 10.2. The predicted octanol–water partition coefficient (Wildman–Crippen LogP) is 1.27. The Morgan fingerprint density at radius 2 is 2.21 bits per heavy atom. The van der Waals surface area contributed by atoms with Gasteiger partial charge in [-0.3, -0.25) is 0 Å². The molecule has 2 aromatic rings. The summed E-state index contributed by atoms with van der Waals surface area (Å²) in [5.41, 5.74) is -0.290. The summed E-state index contributed by atoms with van der Waals surface area (Å²) in [5.74, 6) is -2.20. The molecule has 0 radical (unpaired) electrons. The molecule has 1 unspecified atom stereocenters. The number of furan rings is 1. The normalized spacial score (nSPS) is 12.3. The highest BCUT2D eigenvalue weighted by Gasteiger charge is 2.29. The lowest BCUT2D eigenvalue weighted by molar-refractivity contribution is -0.141. The van der Waals surface area contributed by atoms with Crippen molar-refractivity contribution < 1.29 is 24.2 Å². The first-order valence-electron chi connectivity index (χ1n) is 5.51. The number of aromatic nitrogens is 3. The van der Waals surface area contributed by atoms with Gasteiger partial charge in [0.15, 0.2) is 11.8 Å². The van der Waals surface area contributed by atoms with E-state index in [1.54, 1.807) is 13.0 Å². The van der Waals surface area contributed by atoms with E-state index in [0.29, 0.717) is 0 Å². The Balaban J connectivity index is 2.63. The van der Waals surface area contributed by atoms with Gasteiger partial charge < -0.3 is 14.6 Å². The number of carboxylic acids is 2. The highest BCUT2D eigenvalue weighted by atomic mass is 16.4. The van der Waals surface area contributed by atoms with Gasteiger partial charge in [0.1, 0.15) is 5.69 Å². The van der Waals surface area contributed by atoms with Crippen LogP contribution in [0.2, 0.25) is 0 Å². The first-order chi connectivity index (χ1) is 9.06. The highest BCUT2D eigenvalue weighted by Crippen LogP contribution is 2.26. The molecule has 100 valence electrons. The molecule has 1 atom stereocenters. The minimum Gasteiger partial charge on any atom is -0.480 e. The summed E-state index contributed by atoms with van der Waals surface area (Å²) >= 11 is 0. The Morgan fingerprint density at radius 1 is 1.47 bits per heavy atom. The zero-order valence-corrected chi connectivity index (χ0v) is 9.98. The van der Waals surface area contributed by atoms with E-state index in [9.17, 15) is 9.59 Å². The maximum Gasteiger partial charge on any atom is 0.358 e. The van der Waals surface area contributed by atoms with E-state index in [1.807, 2.05) is 0 Å². The second-order valence-corrected chi connectivity index (χ2v) is 3.78. The summed E-state index contributed by atoms with van der Waals surface area (Å²) in [5, 5.41) is 25.3. The van der Waals surface area contributed by atoms with E-state index < -0.39 is 18.0 Å². The maximum absolute atomic E-state index is 11.2. The fourth-order valence-electron chi connectivity index (χ4n) is 1.75. The highest BCUT2D eigenvalue weighted by molar-refractivity contribution is 5.92. The quantitative estimate of drug-likeness (QED) is 0.835. The largest absolute Gasteiger partial charge is 0.480 e. The minimum atomic E-state index is -1.29. The molecular weight excluding hydrogens is 254 g/mol. The van der Waals surface area contributed by atoms with Crippen molar-refractivity contribution in [3.63, 3.8) is 0 Å². The second-order valence-electron chi connectivity index (χ2n) is 3.78. The predicted molar refractivity (Wildman–Crippen MR) is 61.6 cm³/mol. The van der Waals surface area contributed by atoms with Gasteiger partial charge in [-0.05, 0) is 18.6 Å². The molecule has 0 aliphatic rings. The number of rotatable bonds is 5. The first kappa shape index (κ1) is 12.8. The third-order valence-electron chi connectivity index (χ3n) is 2.62. The van der Waals surface area contributed by atoms with Crippen molar-refractivity contribution >= 4 is 11.9 Å². The van der Waals surface area contributed by atoms with E-state index in [2.05, 4.69) is 10.3 Å². The monoisotopic (exact) mass is 265 g/mol. The molecule has 0 spiro atoms. The fourth-order valence-corrected chi connectivity index (χ4v) is 1.75. The van der Waals surface area contributed by atoms with Gasteiger partial charge in [-0.1, -0.05) is 12.1 Å². The lowest BCUT2D eigenvalue weighted by Crippen LogP contribution is -2.20. The van der Waals surface area contributed by atoms with Gasteiger partial charge in [0.2, 0.25) is 5.69 Å². The van der Waals surface area contributed by atoms with Crippen molar-refractivity contribution in [3.8, 4) is 11.5 Å². The van der Waals surface area contributed by atoms with Crippen molar-refractivity contribution in [1.82, 2.24) is 15.0 Å². The molecule has 2 aromatic heterocycles. The number of hydrogen-bond acceptors (Lipinski definition) is 5. The van der Waals surface area contributed by atoms with E-state index in [-0.39, 0.29) is 23.6 Å². The van der Waals surface area contributed by atoms with Crippen LogP contribution in [0.5, 0.6) is 0 Å². The van der Waals surface area contributed by atoms with Crippen molar-refractivity contribution in [2.24, 2.45) is 0 Å². The zero-order chi connectivity index (χ0) is 14.0. The Hall–Kier alpha value is -2.64. The van der Waals surface area contributed by atoms with Gasteiger partial charge >= 0.3 is 11.9 Å². The van der Waals surface area contributed by atoms with Crippen LogP contribution in [0.4, 0.5) is 0 Å². The molecule has 2 rings (SSSR count). The summed E-state index contributed by atoms with van der Waals surface area (Å²) in [4.78, 5) is 22.3. The van der Waals surface area contributed by atoms with Gasteiger partial charge in [0.05, 0.1) is 6.26 Å². The molecule has 0 saturated heterocycles. The lowest BCUT2D eigenvalue weighted by Gasteiger charge is -2.12. The summed E-state index contributed by atoms with van der Waals surface area (Å²) in [6.45, 7) is 1.66. The summed E-state index contributed by atoms with van der Waals surface area (Å²) < 4.78 is 6.19. The Labute approximate surface area is 107 Å². The molecule has 0 aliphatic carbocycles. The Morgan fingerprint density at radius 3 is 2.68 bits per heavy atom. The van der Waals surface area contributed by atoms with Crippen LogP contribution in [-0.2, 0) is 4.79 Å². The molecule has 0 fully saturated rings. The molecule has 0 aliphatic heterocycles. The zero-order valence-electron chi connectivity index (χ0n) is 9.98. The molecule has 8 nitrogen and oxygen atoms in total. The van der Waals surface area contributed by atoms with Crippen LogP contribution in [0.3, 0.4) is 0 Å². The van der Waals surface area contributed by atoms with Gasteiger partial charge in [-0.15, -0.1) is 5.10 Å². The van der Waals surface area contributed by atoms with Crippen LogP contribution in [0.15, 0.2) is 22.8 Å². The molecular formula is C11H11N3O5. The number of carboxylic acid groups (broad SMARTS) is 2. The number of aliphatic carboxylic acids is 1. The maximum atomic E-state index is 11.2. The topological polar surface area (TPSA) is 118 Å². The molecule has 0 aromatic carbocycles. The average Bonchev–Trinajstić information content (AvgIpc) is 2.96. The number of nitrogens with zero attached hydrogens (tertiary/aromatic N) is 3. The molecule has 8 heteroatoms. The van der Waals surface area contributed by atoms with Gasteiger partial charge in [0.25, 0.3) is 0 Å². The third-order valence-corrected chi connectivity index (χ3v) is 2.62. The summed E-state index contributed by atoms with van der Waals surface area (Å²) in [6, 6.07) is 2.09. The first-order valence-corrected chi connectivity index (χ1v) is 5.51. The van der Waals surface area contributed by atoms with Crippen LogP contribution in [0, 0.1) is 0 Å². The number of carbonyl (C=O) groups is 2. The van der Waals surface area contributed by atoms with Crippen molar-refractivity contribution in [2.75, 3.05) is 0 Å². The molecule has 0 bridgehead atoms. The van der Waals surface area contributed by atoms with E-state index >= 15 is 0 Å². The van der Waals surface area contributed by atoms with Crippen LogP contribution < -0.4 is 0 Å². The smallest absolute Gasteiger partial charge is 0.358 e. The van der Waals surface area contributed by atoms with Crippen molar-refractivity contribution in [1.29, 1.82) is 0 Å². The molecule has 19 heavy (non-hydrogen) atoms. The molecule has 0 amide bonds. The summed E-state index contributed by atoms with van der Waals surface area (Å²) in [6.07, 6.45) is 1.60. The second kappa shape index (κ2) is 4.92. The van der Waals surface area contributed by atoms with Gasteiger partial charge in [-0.2, -0.15) is 0 Å². The van der Waals surface area contributed by atoms with Gasteiger partial charge in [-0.25, -0.2) is 14.3 Å². The average molecular weight is 265 g/mol. The van der Waals surface area contributed by atoms with Crippen molar-refractivity contribution in [3.05, 3.63) is 24.1 Å². The van der Waals surface area contributed by atoms with Crippen LogP contribution in [-0.4, -0.2) is 37.1 Å². The number of hydrogen-bond donors (Lipinski definition) is 2. The van der Waals surface area contributed by atoms with Crippen LogP contribution in [0.1, 0.15) is 29.9 Å². The van der Waals surface area contributed by atoms with E-state index in [4.69, 9.17) is 14.6 Å². The number of aromatic carboxylic acids is 1. The summed E-state index contributed by atoms with van der Waals surface area (Å²) in [7, 11) is 0. The van der Waals surface area contributed by atoms with Crippen LogP contribution in [0.25, 0.3) is 11.5 Å². The fraction of sp³-hybridized carbons (Fsp3) is 0.273. The van der Waals surface area contributed by atoms with E-state index in [0.717, 1.165) is 4.68 Å². The molecule has 0 saturated carbocycles. The third kappa shape index (κ3) is 2.19. The van der Waals surface area contributed by atoms with Gasteiger partial charge in [0, 0.05) is 0 Å². The Kier molecular flexibility index (Phi) is 3.32. The van der Waals surface area contributed by atoms with Crippen molar-refractivity contribution in [2.45, 2.75) is 19.4 Å². The molecule has 2 N–H and O–H groups in total. The molecule has 2 heterocycles. The Bertz CT molecular complexity index is 602. The standard InChI is InChI=1S/C11H11N3O5/c1-2-6(10(15)16)14-9(7-4-3-5-19-7)8(11(17)18)12-13-14/h3-6H,2H2,1H3,(H,15,16)(H,17,18). The minimum absolute atomic E-state index is 0.0479. The van der Waals surface area contributed by atoms with Crippen LogP contribution >= 0.6 is 0 Å². The van der Waals surface area contributed by atoms with E-state index in [1.165, 1.54) is 12.3 Å². The SMILES string of the molecule is CCC(C(=O)O)n1nnc(C(=O)O)c1-c1ccco1.